The van der Waals surface area contributed by atoms with Crippen LogP contribution in [0.15, 0.2) is 24.3 Å². The molecule has 0 saturated carbocycles. The summed E-state index contributed by atoms with van der Waals surface area (Å²) in [5.41, 5.74) is -1.00. The molecule has 5 heteroatoms. The first-order valence-corrected chi connectivity index (χ1v) is 6.30. The van der Waals surface area contributed by atoms with Crippen molar-refractivity contribution >= 4 is 23.5 Å². The summed E-state index contributed by atoms with van der Waals surface area (Å²) in [6.45, 7) is 6.45. The number of carbonyl (C=O) groups excluding carboxylic acids is 2. The molecule has 0 fully saturated rings. The highest BCUT2D eigenvalue weighted by Gasteiger charge is 2.34. The van der Waals surface area contributed by atoms with Gasteiger partial charge in [-0.25, -0.2) is 9.59 Å². The van der Waals surface area contributed by atoms with Crippen molar-refractivity contribution in [3.05, 3.63) is 34.9 Å². The number of ether oxygens (including phenoxy) is 2. The Hall–Kier alpha value is -1.55. The van der Waals surface area contributed by atoms with Crippen LogP contribution in [0, 0.1) is 0 Å². The monoisotopic (exact) mass is 284 g/mol. The van der Waals surface area contributed by atoms with Crippen LogP contribution in [0.5, 0.6) is 0 Å². The average Bonchev–Trinajstić information content (AvgIpc) is 2.28. The van der Waals surface area contributed by atoms with Gasteiger partial charge in [-0.1, -0.05) is 11.6 Å². The lowest BCUT2D eigenvalue weighted by molar-refractivity contribution is -0.166. The van der Waals surface area contributed by atoms with Gasteiger partial charge in [0.2, 0.25) is 5.60 Å². The number of hydrogen-bond acceptors (Lipinski definition) is 4. The second-order valence-corrected chi connectivity index (χ2v) is 5.30. The van der Waals surface area contributed by atoms with Crippen molar-refractivity contribution in [2.75, 3.05) is 0 Å². The van der Waals surface area contributed by atoms with Crippen LogP contribution in [0.2, 0.25) is 5.02 Å². The summed E-state index contributed by atoms with van der Waals surface area (Å²) < 4.78 is 10.2. The van der Waals surface area contributed by atoms with Gasteiger partial charge in [0.15, 0.2) is 0 Å². The highest BCUT2D eigenvalue weighted by molar-refractivity contribution is 6.30. The van der Waals surface area contributed by atoms with E-state index in [0.717, 1.165) is 0 Å². The Labute approximate surface area is 117 Å². The van der Waals surface area contributed by atoms with Crippen LogP contribution >= 0.6 is 11.6 Å². The van der Waals surface area contributed by atoms with E-state index >= 15 is 0 Å². The topological polar surface area (TPSA) is 52.6 Å². The lowest BCUT2D eigenvalue weighted by Crippen LogP contribution is -2.39. The van der Waals surface area contributed by atoms with E-state index in [4.69, 9.17) is 21.1 Å². The van der Waals surface area contributed by atoms with Gasteiger partial charge in [0.25, 0.3) is 0 Å². The lowest BCUT2D eigenvalue weighted by atomic mass is 10.1. The molecule has 0 aliphatic heterocycles. The lowest BCUT2D eigenvalue weighted by Gasteiger charge is -2.24. The molecule has 0 bridgehead atoms. The normalized spacial score (nSPS) is 11.3. The molecule has 0 amide bonds. The predicted molar refractivity (Wildman–Crippen MR) is 72.2 cm³/mol. The summed E-state index contributed by atoms with van der Waals surface area (Å²) in [6.07, 6.45) is -0.263. The van der Waals surface area contributed by atoms with Gasteiger partial charge < -0.3 is 9.47 Å². The third kappa shape index (κ3) is 4.56. The molecular formula is C14H17ClO4. The minimum atomic E-state index is -1.33. The first-order valence-electron chi connectivity index (χ1n) is 5.92. The summed E-state index contributed by atoms with van der Waals surface area (Å²) in [4.78, 5) is 23.7. The molecule has 4 nitrogen and oxygen atoms in total. The Morgan fingerprint density at radius 2 is 1.68 bits per heavy atom. The standard InChI is InChI=1S/C14H17ClO4/c1-9(2)18-13(17)14(3,4)19-12(16)10-5-7-11(15)8-6-10/h5-9H,1-4H3. The van der Waals surface area contributed by atoms with Crippen LogP contribution in [0.4, 0.5) is 0 Å². The molecule has 0 N–H and O–H groups in total. The number of benzene rings is 1. The van der Waals surface area contributed by atoms with Gasteiger partial charge in [-0.05, 0) is 52.0 Å². The van der Waals surface area contributed by atoms with Crippen LogP contribution in [0.1, 0.15) is 38.1 Å². The van der Waals surface area contributed by atoms with Crippen LogP contribution in [-0.4, -0.2) is 23.6 Å². The Kier molecular flexibility index (Phi) is 4.95. The molecule has 0 aromatic heterocycles. The SMILES string of the molecule is CC(C)OC(=O)C(C)(C)OC(=O)c1ccc(Cl)cc1. The van der Waals surface area contributed by atoms with E-state index in [-0.39, 0.29) is 6.10 Å². The van der Waals surface area contributed by atoms with E-state index in [1.807, 2.05) is 0 Å². The van der Waals surface area contributed by atoms with Crippen LogP contribution in [-0.2, 0) is 14.3 Å². The summed E-state index contributed by atoms with van der Waals surface area (Å²) >= 11 is 5.73. The maximum Gasteiger partial charge on any atom is 0.350 e. The third-order valence-corrected chi connectivity index (χ3v) is 2.51. The number of esters is 2. The molecule has 1 aromatic rings. The Bertz CT molecular complexity index is 463. The van der Waals surface area contributed by atoms with Crippen molar-refractivity contribution < 1.29 is 19.1 Å². The maximum absolute atomic E-state index is 11.9. The summed E-state index contributed by atoms with van der Waals surface area (Å²) in [7, 11) is 0. The molecular weight excluding hydrogens is 268 g/mol. The van der Waals surface area contributed by atoms with Crippen molar-refractivity contribution in [3.8, 4) is 0 Å². The van der Waals surface area contributed by atoms with Crippen molar-refractivity contribution in [1.82, 2.24) is 0 Å². The number of halogens is 1. The van der Waals surface area contributed by atoms with E-state index in [2.05, 4.69) is 0 Å². The highest BCUT2D eigenvalue weighted by atomic mass is 35.5. The quantitative estimate of drug-likeness (QED) is 0.797. The molecule has 19 heavy (non-hydrogen) atoms. The molecule has 0 aliphatic rings. The fourth-order valence-electron chi connectivity index (χ4n) is 1.27. The van der Waals surface area contributed by atoms with E-state index in [1.54, 1.807) is 26.0 Å². The van der Waals surface area contributed by atoms with Gasteiger partial charge in [-0.2, -0.15) is 0 Å². The highest BCUT2D eigenvalue weighted by Crippen LogP contribution is 2.17. The van der Waals surface area contributed by atoms with Gasteiger partial charge in [0.05, 0.1) is 11.7 Å². The van der Waals surface area contributed by atoms with Gasteiger partial charge in [-0.15, -0.1) is 0 Å². The van der Waals surface area contributed by atoms with Gasteiger partial charge in [-0.3, -0.25) is 0 Å². The first kappa shape index (κ1) is 15.5. The van der Waals surface area contributed by atoms with Crippen molar-refractivity contribution in [1.29, 1.82) is 0 Å². The number of rotatable bonds is 4. The smallest absolute Gasteiger partial charge is 0.350 e. The molecule has 0 saturated heterocycles. The molecule has 0 spiro atoms. The Morgan fingerprint density at radius 3 is 2.16 bits per heavy atom. The minimum absolute atomic E-state index is 0.263. The zero-order valence-electron chi connectivity index (χ0n) is 11.4. The van der Waals surface area contributed by atoms with Crippen LogP contribution in [0.3, 0.4) is 0 Å². The summed E-state index contributed by atoms with van der Waals surface area (Å²) in [5.74, 6) is -1.17. The molecule has 1 aromatic carbocycles. The zero-order chi connectivity index (χ0) is 14.6. The predicted octanol–water partition coefficient (Wildman–Crippen LogP) is 3.23. The van der Waals surface area contributed by atoms with Gasteiger partial charge in [0.1, 0.15) is 0 Å². The first-order chi connectivity index (χ1) is 8.72. The van der Waals surface area contributed by atoms with Crippen LogP contribution < -0.4 is 0 Å². The Morgan fingerprint density at radius 1 is 1.16 bits per heavy atom. The second-order valence-electron chi connectivity index (χ2n) is 4.86. The van der Waals surface area contributed by atoms with Crippen molar-refractivity contribution in [2.45, 2.75) is 39.4 Å². The van der Waals surface area contributed by atoms with Crippen LogP contribution in [0.25, 0.3) is 0 Å². The molecule has 0 aliphatic carbocycles. The third-order valence-electron chi connectivity index (χ3n) is 2.26. The van der Waals surface area contributed by atoms with Gasteiger partial charge >= 0.3 is 11.9 Å². The van der Waals surface area contributed by atoms with Crippen molar-refractivity contribution in [3.63, 3.8) is 0 Å². The largest absolute Gasteiger partial charge is 0.460 e. The van der Waals surface area contributed by atoms with Gasteiger partial charge in [0, 0.05) is 5.02 Å². The summed E-state index contributed by atoms with van der Waals surface area (Å²) in [5, 5.41) is 0.523. The maximum atomic E-state index is 11.9. The molecule has 0 atom stereocenters. The number of hydrogen-bond donors (Lipinski definition) is 0. The fourth-order valence-corrected chi connectivity index (χ4v) is 1.40. The molecule has 0 radical (unpaired) electrons. The summed E-state index contributed by atoms with van der Waals surface area (Å²) in [6, 6.07) is 6.23. The van der Waals surface area contributed by atoms with E-state index < -0.39 is 17.5 Å². The van der Waals surface area contributed by atoms with E-state index in [9.17, 15) is 9.59 Å². The minimum Gasteiger partial charge on any atom is -0.460 e. The van der Waals surface area contributed by atoms with E-state index in [0.29, 0.717) is 10.6 Å². The molecule has 0 unspecified atom stereocenters. The zero-order valence-corrected chi connectivity index (χ0v) is 12.2. The molecule has 1 rings (SSSR count). The molecule has 0 heterocycles. The van der Waals surface area contributed by atoms with Crippen molar-refractivity contribution in [2.24, 2.45) is 0 Å². The second kappa shape index (κ2) is 6.06. The number of carbonyl (C=O) groups is 2. The van der Waals surface area contributed by atoms with E-state index in [1.165, 1.54) is 26.0 Å². The fraction of sp³-hybridized carbons (Fsp3) is 0.429. The average molecular weight is 285 g/mol. The Balaban J connectivity index is 2.74. The molecule has 104 valence electrons.